The molecule has 86 valence electrons. The summed E-state index contributed by atoms with van der Waals surface area (Å²) in [6, 6.07) is 3.11. The van der Waals surface area contributed by atoms with Crippen molar-refractivity contribution in [2.24, 2.45) is 11.7 Å². The molecule has 3 nitrogen and oxygen atoms in total. The molecule has 0 heterocycles. The molecule has 5 heteroatoms. The Kier molecular flexibility index (Phi) is 2.87. The van der Waals surface area contributed by atoms with Gasteiger partial charge in [-0.1, -0.05) is 0 Å². The fourth-order valence-corrected chi connectivity index (χ4v) is 1.70. The van der Waals surface area contributed by atoms with Gasteiger partial charge in [-0.3, -0.25) is 4.79 Å². The molecule has 0 spiro atoms. The third-order valence-electron chi connectivity index (χ3n) is 2.73. The fraction of sp³-hybridized carbons (Fsp3) is 0.364. The number of hydrogen-bond donors (Lipinski definition) is 2. The summed E-state index contributed by atoms with van der Waals surface area (Å²) in [6.07, 6.45) is 1.24. The molecule has 0 bridgehead atoms. The highest BCUT2D eigenvalue weighted by atomic mass is 19.1. The van der Waals surface area contributed by atoms with Gasteiger partial charge >= 0.3 is 0 Å². The first-order chi connectivity index (χ1) is 7.56. The number of rotatable bonds is 2. The molecule has 1 fully saturated rings. The van der Waals surface area contributed by atoms with E-state index in [0.29, 0.717) is 12.8 Å². The van der Waals surface area contributed by atoms with Crippen LogP contribution in [0.2, 0.25) is 0 Å². The second-order valence-corrected chi connectivity index (χ2v) is 4.04. The third kappa shape index (κ3) is 2.19. The van der Waals surface area contributed by atoms with Crippen molar-refractivity contribution in [1.29, 1.82) is 0 Å². The van der Waals surface area contributed by atoms with E-state index in [1.165, 1.54) is 6.07 Å². The minimum atomic E-state index is -0.767. The summed E-state index contributed by atoms with van der Waals surface area (Å²) in [6.45, 7) is 0. The van der Waals surface area contributed by atoms with Gasteiger partial charge in [-0.25, -0.2) is 8.78 Å². The summed E-state index contributed by atoms with van der Waals surface area (Å²) in [4.78, 5) is 11.6. The van der Waals surface area contributed by atoms with Gasteiger partial charge in [0.1, 0.15) is 11.6 Å². The van der Waals surface area contributed by atoms with Crippen molar-refractivity contribution in [3.05, 3.63) is 29.8 Å². The number of carbonyl (C=O) groups excluding carboxylic acids is 1. The molecule has 1 aliphatic carbocycles. The van der Waals surface area contributed by atoms with Gasteiger partial charge in [0.15, 0.2) is 0 Å². The average molecular weight is 226 g/mol. The quantitative estimate of drug-likeness (QED) is 0.805. The zero-order valence-electron chi connectivity index (χ0n) is 8.54. The van der Waals surface area contributed by atoms with E-state index in [9.17, 15) is 13.6 Å². The molecule has 1 saturated carbocycles. The van der Waals surface area contributed by atoms with E-state index in [4.69, 9.17) is 5.73 Å². The minimum absolute atomic E-state index is 0.00636. The molecule has 0 aliphatic heterocycles. The minimum Gasteiger partial charge on any atom is -0.328 e. The van der Waals surface area contributed by atoms with Crippen LogP contribution in [-0.4, -0.2) is 11.9 Å². The van der Waals surface area contributed by atoms with Crippen LogP contribution in [0.15, 0.2) is 18.2 Å². The molecule has 0 saturated heterocycles. The summed E-state index contributed by atoms with van der Waals surface area (Å²) < 4.78 is 25.8. The van der Waals surface area contributed by atoms with E-state index in [1.54, 1.807) is 0 Å². The fourth-order valence-electron chi connectivity index (χ4n) is 1.70. The molecule has 1 aromatic rings. The zero-order valence-corrected chi connectivity index (χ0v) is 8.54. The SMILES string of the molecule is NC1CC(C(=O)Nc2ccc(F)cc2F)C1. The van der Waals surface area contributed by atoms with E-state index in [1.807, 2.05) is 0 Å². The number of nitrogens with one attached hydrogen (secondary N) is 1. The van der Waals surface area contributed by atoms with Crippen molar-refractivity contribution in [1.82, 2.24) is 0 Å². The Morgan fingerprint density at radius 2 is 2.06 bits per heavy atom. The maximum absolute atomic E-state index is 13.2. The lowest BCUT2D eigenvalue weighted by Gasteiger charge is -2.31. The van der Waals surface area contributed by atoms with Gasteiger partial charge in [0, 0.05) is 18.0 Å². The molecule has 0 unspecified atom stereocenters. The predicted molar refractivity (Wildman–Crippen MR) is 55.7 cm³/mol. The first-order valence-corrected chi connectivity index (χ1v) is 5.08. The summed E-state index contributed by atoms with van der Waals surface area (Å²) in [5.41, 5.74) is 5.55. The number of amides is 1. The van der Waals surface area contributed by atoms with Gasteiger partial charge < -0.3 is 11.1 Å². The van der Waals surface area contributed by atoms with Crippen LogP contribution in [0, 0.1) is 17.6 Å². The largest absolute Gasteiger partial charge is 0.328 e. The number of benzene rings is 1. The van der Waals surface area contributed by atoms with Gasteiger partial charge in [-0.05, 0) is 25.0 Å². The van der Waals surface area contributed by atoms with E-state index in [-0.39, 0.29) is 23.6 Å². The van der Waals surface area contributed by atoms with Crippen LogP contribution >= 0.6 is 0 Å². The number of nitrogens with two attached hydrogens (primary N) is 1. The Balaban J connectivity index is 2.01. The Labute approximate surface area is 91.6 Å². The molecule has 16 heavy (non-hydrogen) atoms. The van der Waals surface area contributed by atoms with E-state index >= 15 is 0 Å². The van der Waals surface area contributed by atoms with Crippen LogP contribution < -0.4 is 11.1 Å². The van der Waals surface area contributed by atoms with Gasteiger partial charge in [0.2, 0.25) is 5.91 Å². The lowest BCUT2D eigenvalue weighted by molar-refractivity contribution is -0.122. The highest BCUT2D eigenvalue weighted by Gasteiger charge is 2.32. The molecule has 2 rings (SSSR count). The van der Waals surface area contributed by atoms with Crippen molar-refractivity contribution < 1.29 is 13.6 Å². The first kappa shape index (κ1) is 11.0. The highest BCUT2D eigenvalue weighted by molar-refractivity contribution is 5.93. The van der Waals surface area contributed by atoms with Gasteiger partial charge in [-0.15, -0.1) is 0 Å². The smallest absolute Gasteiger partial charge is 0.227 e. The van der Waals surface area contributed by atoms with Crippen molar-refractivity contribution in [2.75, 3.05) is 5.32 Å². The Morgan fingerprint density at radius 1 is 1.38 bits per heavy atom. The van der Waals surface area contributed by atoms with Crippen LogP contribution in [0.1, 0.15) is 12.8 Å². The number of halogens is 2. The summed E-state index contributed by atoms with van der Waals surface area (Å²) in [5, 5.41) is 2.42. The van der Waals surface area contributed by atoms with Crippen LogP contribution in [0.3, 0.4) is 0 Å². The molecule has 0 radical (unpaired) electrons. The van der Waals surface area contributed by atoms with Crippen LogP contribution in [0.4, 0.5) is 14.5 Å². The lowest BCUT2D eigenvalue weighted by atomic mass is 9.80. The second kappa shape index (κ2) is 4.17. The Bertz CT molecular complexity index is 416. The standard InChI is InChI=1S/C11H12F2N2O/c12-7-1-2-10(9(13)5-7)15-11(16)6-3-8(14)4-6/h1-2,5-6,8H,3-4,14H2,(H,15,16). The Hall–Kier alpha value is -1.49. The van der Waals surface area contributed by atoms with Crippen molar-refractivity contribution in [2.45, 2.75) is 18.9 Å². The summed E-state index contributed by atoms with van der Waals surface area (Å²) >= 11 is 0. The van der Waals surface area contributed by atoms with Crippen LogP contribution in [-0.2, 0) is 4.79 Å². The van der Waals surface area contributed by atoms with Crippen molar-refractivity contribution >= 4 is 11.6 Å². The van der Waals surface area contributed by atoms with Crippen LogP contribution in [0.5, 0.6) is 0 Å². The molecule has 0 aromatic heterocycles. The normalized spacial score (nSPS) is 23.7. The van der Waals surface area contributed by atoms with Crippen LogP contribution in [0.25, 0.3) is 0 Å². The number of anilines is 1. The molecule has 1 amide bonds. The first-order valence-electron chi connectivity index (χ1n) is 5.08. The topological polar surface area (TPSA) is 55.1 Å². The zero-order chi connectivity index (χ0) is 11.7. The van der Waals surface area contributed by atoms with Crippen molar-refractivity contribution in [3.63, 3.8) is 0 Å². The second-order valence-electron chi connectivity index (χ2n) is 4.04. The van der Waals surface area contributed by atoms with Gasteiger partial charge in [0.05, 0.1) is 5.69 Å². The molecule has 3 N–H and O–H groups in total. The third-order valence-corrected chi connectivity index (χ3v) is 2.73. The van der Waals surface area contributed by atoms with Gasteiger partial charge in [-0.2, -0.15) is 0 Å². The molecule has 0 atom stereocenters. The predicted octanol–water partition coefficient (Wildman–Crippen LogP) is 1.64. The number of hydrogen-bond acceptors (Lipinski definition) is 2. The maximum Gasteiger partial charge on any atom is 0.227 e. The average Bonchev–Trinajstić information content (AvgIpc) is 2.17. The summed E-state index contributed by atoms with van der Waals surface area (Å²) in [7, 11) is 0. The molecule has 1 aromatic carbocycles. The van der Waals surface area contributed by atoms with Gasteiger partial charge in [0.25, 0.3) is 0 Å². The van der Waals surface area contributed by atoms with E-state index < -0.39 is 11.6 Å². The highest BCUT2D eigenvalue weighted by Crippen LogP contribution is 2.27. The van der Waals surface area contributed by atoms with E-state index in [0.717, 1.165) is 12.1 Å². The maximum atomic E-state index is 13.2. The monoisotopic (exact) mass is 226 g/mol. The molecule has 1 aliphatic rings. The summed E-state index contributed by atoms with van der Waals surface area (Å²) in [5.74, 6) is -1.84. The molecular weight excluding hydrogens is 214 g/mol. The lowest BCUT2D eigenvalue weighted by Crippen LogP contribution is -2.42. The van der Waals surface area contributed by atoms with E-state index in [2.05, 4.69) is 5.32 Å². The molecular formula is C11H12F2N2O. The number of carbonyl (C=O) groups is 1. The Morgan fingerprint density at radius 3 is 2.62 bits per heavy atom. The van der Waals surface area contributed by atoms with Crippen molar-refractivity contribution in [3.8, 4) is 0 Å².